The maximum atomic E-state index is 3.95. The van der Waals surface area contributed by atoms with E-state index in [4.69, 9.17) is 0 Å². The Morgan fingerprint density at radius 3 is 2.07 bits per heavy atom. The molecule has 0 N–H and O–H groups in total. The summed E-state index contributed by atoms with van der Waals surface area (Å²) in [6.45, 7) is 12.6. The first-order chi connectivity index (χ1) is 6.50. The van der Waals surface area contributed by atoms with Crippen molar-refractivity contribution >= 4 is 0 Å². The fourth-order valence-electron chi connectivity index (χ4n) is 1.94. The minimum atomic E-state index is 1.10. The lowest BCUT2D eigenvalue weighted by molar-refractivity contribution is 0.924. The van der Waals surface area contributed by atoms with Gasteiger partial charge in [-0.15, -0.1) is 6.58 Å². The average molecular weight is 188 g/mol. The molecule has 1 aromatic carbocycles. The molecule has 0 radical (unpaired) electrons. The second-order valence-corrected chi connectivity index (χ2v) is 4.33. The molecule has 0 aliphatic rings. The number of hydrogen-bond donors (Lipinski definition) is 0. The minimum absolute atomic E-state index is 1.10. The summed E-state index contributed by atoms with van der Waals surface area (Å²) >= 11 is 0. The molecule has 0 aliphatic carbocycles. The molecule has 0 aliphatic heterocycles. The summed E-state index contributed by atoms with van der Waals surface area (Å²) in [5.74, 6) is 0. The van der Waals surface area contributed by atoms with Gasteiger partial charge in [0.05, 0.1) is 0 Å². The average Bonchev–Trinajstić information content (AvgIpc) is 2.01. The number of benzene rings is 1. The number of aryl methyl sites for hydroxylation is 3. The molecule has 1 aromatic rings. The Morgan fingerprint density at radius 1 is 1.14 bits per heavy atom. The summed E-state index contributed by atoms with van der Waals surface area (Å²) in [4.78, 5) is 0. The molecule has 76 valence electrons. The number of allylic oxidation sites excluding steroid dienone is 1. The van der Waals surface area contributed by atoms with Crippen molar-refractivity contribution in [2.24, 2.45) is 0 Å². The van der Waals surface area contributed by atoms with E-state index in [1.807, 2.05) is 0 Å². The SMILES string of the molecule is C=C(C)CCc1c(C)cc(C)cc1C. The van der Waals surface area contributed by atoms with Gasteiger partial charge in [0, 0.05) is 0 Å². The van der Waals surface area contributed by atoms with Crippen LogP contribution in [0.3, 0.4) is 0 Å². The van der Waals surface area contributed by atoms with E-state index >= 15 is 0 Å². The van der Waals surface area contributed by atoms with Crippen molar-refractivity contribution in [2.75, 3.05) is 0 Å². The molecule has 0 fully saturated rings. The normalized spacial score (nSPS) is 10.3. The molecule has 0 spiro atoms. The van der Waals surface area contributed by atoms with Crippen molar-refractivity contribution in [3.63, 3.8) is 0 Å². The Hall–Kier alpha value is -1.04. The maximum absolute atomic E-state index is 3.95. The highest BCUT2D eigenvalue weighted by Gasteiger charge is 2.03. The van der Waals surface area contributed by atoms with Crippen LogP contribution in [0.2, 0.25) is 0 Å². The van der Waals surface area contributed by atoms with Crippen molar-refractivity contribution in [3.8, 4) is 0 Å². The van der Waals surface area contributed by atoms with Crippen LogP contribution >= 0.6 is 0 Å². The third-order valence-corrected chi connectivity index (χ3v) is 2.64. The lowest BCUT2D eigenvalue weighted by atomic mass is 9.95. The zero-order valence-electron chi connectivity index (χ0n) is 9.78. The van der Waals surface area contributed by atoms with Crippen molar-refractivity contribution in [2.45, 2.75) is 40.5 Å². The predicted octanol–water partition coefficient (Wildman–Crippen LogP) is 4.12. The Balaban J connectivity index is 2.91. The van der Waals surface area contributed by atoms with Crippen LogP contribution in [0.4, 0.5) is 0 Å². The Bertz CT molecular complexity index is 322. The second-order valence-electron chi connectivity index (χ2n) is 4.33. The van der Waals surface area contributed by atoms with Crippen LogP contribution in [-0.2, 0) is 6.42 Å². The predicted molar refractivity (Wildman–Crippen MR) is 63.8 cm³/mol. The molecule has 0 heterocycles. The topological polar surface area (TPSA) is 0 Å². The third-order valence-electron chi connectivity index (χ3n) is 2.64. The molecule has 0 amide bonds. The zero-order valence-corrected chi connectivity index (χ0v) is 9.78. The van der Waals surface area contributed by atoms with Crippen LogP contribution in [0.1, 0.15) is 35.6 Å². The fraction of sp³-hybridized carbons (Fsp3) is 0.429. The van der Waals surface area contributed by atoms with Gasteiger partial charge in [-0.3, -0.25) is 0 Å². The summed E-state index contributed by atoms with van der Waals surface area (Å²) in [5, 5.41) is 0. The molecular weight excluding hydrogens is 168 g/mol. The molecule has 0 nitrogen and oxygen atoms in total. The van der Waals surface area contributed by atoms with Crippen molar-refractivity contribution in [1.29, 1.82) is 0 Å². The van der Waals surface area contributed by atoms with Crippen LogP contribution in [0.25, 0.3) is 0 Å². The van der Waals surface area contributed by atoms with E-state index in [1.54, 1.807) is 0 Å². The van der Waals surface area contributed by atoms with E-state index in [-0.39, 0.29) is 0 Å². The van der Waals surface area contributed by atoms with E-state index in [2.05, 4.69) is 46.4 Å². The van der Waals surface area contributed by atoms with Gasteiger partial charge < -0.3 is 0 Å². The van der Waals surface area contributed by atoms with Crippen molar-refractivity contribution < 1.29 is 0 Å². The third kappa shape index (κ3) is 2.73. The first-order valence-electron chi connectivity index (χ1n) is 5.22. The lowest BCUT2D eigenvalue weighted by Gasteiger charge is -2.11. The fourth-order valence-corrected chi connectivity index (χ4v) is 1.94. The van der Waals surface area contributed by atoms with Crippen LogP contribution in [0.15, 0.2) is 24.3 Å². The van der Waals surface area contributed by atoms with Crippen LogP contribution in [0.5, 0.6) is 0 Å². The quantitative estimate of drug-likeness (QED) is 0.626. The summed E-state index contributed by atoms with van der Waals surface area (Å²) in [5.41, 5.74) is 6.97. The molecule has 0 saturated carbocycles. The van der Waals surface area contributed by atoms with Gasteiger partial charge in [-0.1, -0.05) is 23.3 Å². The zero-order chi connectivity index (χ0) is 10.7. The summed E-state index contributed by atoms with van der Waals surface area (Å²) < 4.78 is 0. The van der Waals surface area contributed by atoms with E-state index in [0.717, 1.165) is 12.8 Å². The molecule has 0 atom stereocenters. The second kappa shape index (κ2) is 4.45. The molecule has 0 heteroatoms. The Labute approximate surface area is 87.7 Å². The van der Waals surface area contributed by atoms with Crippen LogP contribution in [-0.4, -0.2) is 0 Å². The van der Waals surface area contributed by atoms with E-state index in [9.17, 15) is 0 Å². The molecule has 0 bridgehead atoms. The van der Waals surface area contributed by atoms with Gasteiger partial charge >= 0.3 is 0 Å². The molecular formula is C14H20. The molecule has 0 saturated heterocycles. The van der Waals surface area contributed by atoms with Crippen molar-refractivity contribution in [3.05, 3.63) is 46.5 Å². The van der Waals surface area contributed by atoms with Crippen molar-refractivity contribution in [1.82, 2.24) is 0 Å². The van der Waals surface area contributed by atoms with E-state index in [0.29, 0.717) is 0 Å². The highest BCUT2D eigenvalue weighted by molar-refractivity contribution is 5.37. The highest BCUT2D eigenvalue weighted by atomic mass is 14.1. The van der Waals surface area contributed by atoms with Gasteiger partial charge in [0.2, 0.25) is 0 Å². The standard InChI is InChI=1S/C14H20/c1-10(2)6-7-14-12(4)8-11(3)9-13(14)5/h8-9H,1,6-7H2,2-5H3. The van der Waals surface area contributed by atoms with Gasteiger partial charge in [-0.25, -0.2) is 0 Å². The van der Waals surface area contributed by atoms with Gasteiger partial charge in [-0.2, -0.15) is 0 Å². The monoisotopic (exact) mass is 188 g/mol. The van der Waals surface area contributed by atoms with Gasteiger partial charge in [0.25, 0.3) is 0 Å². The first kappa shape index (κ1) is 11.0. The van der Waals surface area contributed by atoms with E-state index in [1.165, 1.54) is 27.8 Å². The minimum Gasteiger partial charge on any atom is -0.100 e. The summed E-state index contributed by atoms with van der Waals surface area (Å²) in [6.07, 6.45) is 2.23. The summed E-state index contributed by atoms with van der Waals surface area (Å²) in [7, 11) is 0. The van der Waals surface area contributed by atoms with Crippen LogP contribution < -0.4 is 0 Å². The smallest absolute Gasteiger partial charge is 0.0236 e. The molecule has 14 heavy (non-hydrogen) atoms. The largest absolute Gasteiger partial charge is 0.100 e. The van der Waals surface area contributed by atoms with Crippen LogP contribution in [0, 0.1) is 20.8 Å². The van der Waals surface area contributed by atoms with Gasteiger partial charge in [0.1, 0.15) is 0 Å². The van der Waals surface area contributed by atoms with Gasteiger partial charge in [-0.05, 0) is 57.2 Å². The first-order valence-corrected chi connectivity index (χ1v) is 5.22. The summed E-state index contributed by atoms with van der Waals surface area (Å²) in [6, 6.07) is 4.53. The Morgan fingerprint density at radius 2 is 1.64 bits per heavy atom. The molecule has 0 unspecified atom stereocenters. The molecule has 0 aromatic heterocycles. The maximum Gasteiger partial charge on any atom is -0.0236 e. The Kier molecular flexibility index (Phi) is 3.51. The molecule has 1 rings (SSSR count). The number of hydrogen-bond acceptors (Lipinski definition) is 0. The van der Waals surface area contributed by atoms with E-state index < -0.39 is 0 Å². The highest BCUT2D eigenvalue weighted by Crippen LogP contribution is 2.19. The number of rotatable bonds is 3. The van der Waals surface area contributed by atoms with Gasteiger partial charge in [0.15, 0.2) is 0 Å². The lowest BCUT2D eigenvalue weighted by Crippen LogP contribution is -1.95.